The predicted molar refractivity (Wildman–Crippen MR) is 146 cm³/mol. The van der Waals surface area contributed by atoms with Crippen LogP contribution in [0, 0.1) is 6.92 Å². The summed E-state index contributed by atoms with van der Waals surface area (Å²) < 4.78 is 1.70. The number of hydrogen-bond acceptors (Lipinski definition) is 2. The smallest absolute Gasteiger partial charge is 0.251 e. The molecule has 35 heavy (non-hydrogen) atoms. The summed E-state index contributed by atoms with van der Waals surface area (Å²) in [4.78, 5) is 12.8. The first kappa shape index (κ1) is 23.1. The fraction of sp³-hybridized carbons (Fsp3) is 0.129. The third-order valence-corrected chi connectivity index (χ3v) is 6.74. The molecule has 0 unspecified atom stereocenters. The molecule has 4 heteroatoms. The second-order valence-corrected chi connectivity index (χ2v) is 9.39. The van der Waals surface area contributed by atoms with Crippen LogP contribution >= 0.6 is 11.6 Å². The molecule has 0 radical (unpaired) electrons. The first-order chi connectivity index (χ1) is 17.0. The van der Waals surface area contributed by atoms with Crippen LogP contribution in [0.1, 0.15) is 28.3 Å². The summed E-state index contributed by atoms with van der Waals surface area (Å²) in [5.41, 5.74) is 7.46. The lowest BCUT2D eigenvalue weighted by Crippen LogP contribution is -2.22. The minimum atomic E-state index is -0.0440. The van der Waals surface area contributed by atoms with Crippen molar-refractivity contribution in [1.29, 1.82) is 0 Å². The minimum Gasteiger partial charge on any atom is -0.311 e. The van der Waals surface area contributed by atoms with Crippen LogP contribution in [0.2, 0.25) is 5.02 Å². The molecule has 1 atom stereocenters. The Balaban J connectivity index is 1.65. The van der Waals surface area contributed by atoms with E-state index in [2.05, 4.69) is 72.9 Å². The summed E-state index contributed by atoms with van der Waals surface area (Å²) in [6.45, 7) is 2.84. The maximum atomic E-state index is 12.8. The highest BCUT2D eigenvalue weighted by atomic mass is 35.5. The number of nitrogens with zero attached hydrogens (tertiary/aromatic N) is 1. The summed E-state index contributed by atoms with van der Waals surface area (Å²) >= 11 is 6.30. The molecular weight excluding hydrogens is 452 g/mol. The van der Waals surface area contributed by atoms with Crippen molar-refractivity contribution < 1.29 is 0 Å². The van der Waals surface area contributed by atoms with E-state index in [0.717, 1.165) is 34.1 Å². The molecular formula is C31H27ClN2O. The number of nitrogens with one attached hydrogen (secondary N) is 1. The average Bonchev–Trinajstić information content (AvgIpc) is 2.88. The molecule has 1 N–H and O–H groups in total. The molecule has 3 nitrogen and oxygen atoms in total. The van der Waals surface area contributed by atoms with Gasteiger partial charge in [0.1, 0.15) is 0 Å². The van der Waals surface area contributed by atoms with Gasteiger partial charge in [0.2, 0.25) is 0 Å². The molecule has 0 fully saturated rings. The van der Waals surface area contributed by atoms with Gasteiger partial charge in [-0.25, -0.2) is 0 Å². The normalized spacial score (nSPS) is 12.1. The Bertz CT molecular complexity index is 1540. The van der Waals surface area contributed by atoms with Crippen molar-refractivity contribution in [2.45, 2.75) is 19.5 Å². The van der Waals surface area contributed by atoms with Crippen LogP contribution in [-0.4, -0.2) is 4.57 Å². The van der Waals surface area contributed by atoms with Gasteiger partial charge >= 0.3 is 0 Å². The Kier molecular flexibility index (Phi) is 6.54. The van der Waals surface area contributed by atoms with E-state index in [4.69, 9.17) is 11.6 Å². The number of benzene rings is 4. The Morgan fingerprint density at radius 2 is 1.57 bits per heavy atom. The largest absolute Gasteiger partial charge is 0.311 e. The van der Waals surface area contributed by atoms with E-state index in [1.165, 1.54) is 16.7 Å². The lowest BCUT2D eigenvalue weighted by Gasteiger charge is -2.22. The number of pyridine rings is 1. The lowest BCUT2D eigenvalue weighted by atomic mass is 9.93. The number of rotatable bonds is 6. The molecule has 5 rings (SSSR count). The summed E-state index contributed by atoms with van der Waals surface area (Å²) in [5.74, 6) is 0. The van der Waals surface area contributed by atoms with Crippen LogP contribution in [-0.2, 0) is 13.6 Å². The second kappa shape index (κ2) is 9.91. The number of halogens is 1. The second-order valence-electron chi connectivity index (χ2n) is 8.95. The van der Waals surface area contributed by atoms with Crippen molar-refractivity contribution in [3.63, 3.8) is 0 Å². The van der Waals surface area contributed by atoms with Crippen molar-refractivity contribution in [3.05, 3.63) is 141 Å². The Morgan fingerprint density at radius 1 is 0.829 bits per heavy atom. The van der Waals surface area contributed by atoms with Gasteiger partial charge in [-0.1, -0.05) is 90.0 Å². The SMILES string of the molecule is Cc1ccc([C@@H](NCc2ccccc2)c2ccc3c(c2)c(-c2cccc(Cl)c2)cc(=O)n3C)cc1. The van der Waals surface area contributed by atoms with Crippen molar-refractivity contribution >= 4 is 22.5 Å². The predicted octanol–water partition coefficient (Wildman–Crippen LogP) is 7.05. The molecule has 0 spiro atoms. The van der Waals surface area contributed by atoms with E-state index >= 15 is 0 Å². The highest BCUT2D eigenvalue weighted by molar-refractivity contribution is 6.30. The zero-order chi connectivity index (χ0) is 24.4. The molecule has 0 amide bonds. The van der Waals surface area contributed by atoms with Gasteiger partial charge in [-0.15, -0.1) is 0 Å². The maximum Gasteiger partial charge on any atom is 0.251 e. The summed E-state index contributed by atoms with van der Waals surface area (Å²) in [5, 5.41) is 5.42. The molecule has 0 saturated heterocycles. The van der Waals surface area contributed by atoms with Crippen LogP contribution in [0.4, 0.5) is 0 Å². The van der Waals surface area contributed by atoms with Gasteiger partial charge < -0.3 is 9.88 Å². The Hall–Kier alpha value is -3.66. The molecule has 1 aromatic heterocycles. The topological polar surface area (TPSA) is 34.0 Å². The van der Waals surface area contributed by atoms with Crippen molar-refractivity contribution in [1.82, 2.24) is 9.88 Å². The number of aromatic nitrogens is 1. The molecule has 174 valence electrons. The van der Waals surface area contributed by atoms with Crippen molar-refractivity contribution in [3.8, 4) is 11.1 Å². The molecule has 0 aliphatic carbocycles. The zero-order valence-electron chi connectivity index (χ0n) is 19.8. The van der Waals surface area contributed by atoms with E-state index in [9.17, 15) is 4.79 Å². The van der Waals surface area contributed by atoms with Gasteiger partial charge in [0.15, 0.2) is 0 Å². The van der Waals surface area contributed by atoms with E-state index in [0.29, 0.717) is 5.02 Å². The van der Waals surface area contributed by atoms with Gasteiger partial charge in [-0.3, -0.25) is 4.79 Å². The van der Waals surface area contributed by atoms with Crippen LogP contribution in [0.3, 0.4) is 0 Å². The molecule has 0 aliphatic heterocycles. The maximum absolute atomic E-state index is 12.8. The van der Waals surface area contributed by atoms with E-state index in [-0.39, 0.29) is 11.6 Å². The Labute approximate surface area is 210 Å². The molecule has 0 saturated carbocycles. The van der Waals surface area contributed by atoms with Crippen LogP contribution in [0.15, 0.2) is 108 Å². The molecule has 5 aromatic rings. The van der Waals surface area contributed by atoms with Crippen molar-refractivity contribution in [2.75, 3.05) is 0 Å². The lowest BCUT2D eigenvalue weighted by molar-refractivity contribution is 0.605. The molecule has 4 aromatic carbocycles. The number of hydrogen-bond donors (Lipinski definition) is 1. The zero-order valence-corrected chi connectivity index (χ0v) is 20.6. The van der Waals surface area contributed by atoms with Gasteiger partial charge in [0.05, 0.1) is 11.6 Å². The first-order valence-electron chi connectivity index (χ1n) is 11.7. The fourth-order valence-corrected chi connectivity index (χ4v) is 4.75. The van der Waals surface area contributed by atoms with Crippen molar-refractivity contribution in [2.24, 2.45) is 7.05 Å². The van der Waals surface area contributed by atoms with Gasteiger partial charge in [0.25, 0.3) is 5.56 Å². The Morgan fingerprint density at radius 3 is 2.31 bits per heavy atom. The molecule has 0 bridgehead atoms. The standard InChI is InChI=1S/C31H27ClN2O/c1-21-11-13-23(14-12-21)31(33-20-22-7-4-3-5-8-22)25-15-16-29-28(18-25)27(19-30(35)34(29)2)24-9-6-10-26(32)17-24/h3-19,31,33H,20H2,1-2H3/t31-/m1/s1. The fourth-order valence-electron chi connectivity index (χ4n) is 4.56. The number of fused-ring (bicyclic) bond motifs is 1. The van der Waals surface area contributed by atoms with Crippen LogP contribution < -0.4 is 10.9 Å². The van der Waals surface area contributed by atoms with Gasteiger partial charge in [-0.2, -0.15) is 0 Å². The van der Waals surface area contributed by atoms with Gasteiger partial charge in [0, 0.05) is 30.1 Å². The summed E-state index contributed by atoms with van der Waals surface area (Å²) in [6, 6.07) is 34.8. The quantitative estimate of drug-likeness (QED) is 0.284. The van der Waals surface area contributed by atoms with Crippen LogP contribution in [0.5, 0.6) is 0 Å². The van der Waals surface area contributed by atoms with Gasteiger partial charge in [-0.05, 0) is 59.0 Å². The van der Waals surface area contributed by atoms with E-state index < -0.39 is 0 Å². The summed E-state index contributed by atoms with van der Waals surface area (Å²) in [6.07, 6.45) is 0. The monoisotopic (exact) mass is 478 g/mol. The molecule has 0 aliphatic rings. The van der Waals surface area contributed by atoms with E-state index in [1.54, 1.807) is 10.6 Å². The third-order valence-electron chi connectivity index (χ3n) is 6.50. The molecule has 1 heterocycles. The van der Waals surface area contributed by atoms with E-state index in [1.807, 2.05) is 43.4 Å². The number of aryl methyl sites for hydroxylation is 2. The summed E-state index contributed by atoms with van der Waals surface area (Å²) in [7, 11) is 1.82. The van der Waals surface area contributed by atoms with Crippen LogP contribution in [0.25, 0.3) is 22.0 Å². The highest BCUT2D eigenvalue weighted by Crippen LogP contribution is 2.32. The first-order valence-corrected chi connectivity index (χ1v) is 12.1. The third kappa shape index (κ3) is 4.93. The highest BCUT2D eigenvalue weighted by Gasteiger charge is 2.17. The average molecular weight is 479 g/mol. The minimum absolute atomic E-state index is 0.00958.